The van der Waals surface area contributed by atoms with Crippen molar-refractivity contribution in [2.45, 2.75) is 13.5 Å². The molecule has 6 nitrogen and oxygen atoms in total. The summed E-state index contributed by atoms with van der Waals surface area (Å²) < 4.78 is 1.75. The van der Waals surface area contributed by atoms with E-state index in [-0.39, 0.29) is 5.91 Å². The fourth-order valence-electron chi connectivity index (χ4n) is 2.07. The number of rotatable bonds is 3. The van der Waals surface area contributed by atoms with Gasteiger partial charge in [0.1, 0.15) is 9.71 Å². The molecule has 3 rings (SSSR count). The van der Waals surface area contributed by atoms with Crippen molar-refractivity contribution in [2.24, 2.45) is 7.05 Å². The summed E-state index contributed by atoms with van der Waals surface area (Å²) in [7, 11) is 1.85. The third-order valence-electron chi connectivity index (χ3n) is 3.00. The standard InChI is InChI=1S/C12H13N5OS2/c1-6-8-9(13)10(20-12(8)17(2)16-6)11(18)14-3-7-4-19-5-15-7/h4-5H,3,13H2,1-2H3,(H,14,18). The predicted octanol–water partition coefficient (Wildman–Crippen LogP) is 1.91. The van der Waals surface area contributed by atoms with Crippen LogP contribution < -0.4 is 11.1 Å². The minimum Gasteiger partial charge on any atom is -0.397 e. The molecule has 3 aromatic rings. The molecule has 0 saturated carbocycles. The van der Waals surface area contributed by atoms with Crippen LogP contribution in [0.1, 0.15) is 21.1 Å². The highest BCUT2D eigenvalue weighted by molar-refractivity contribution is 7.21. The lowest BCUT2D eigenvalue weighted by Crippen LogP contribution is -2.22. The van der Waals surface area contributed by atoms with E-state index in [1.807, 2.05) is 19.4 Å². The number of thiazole rings is 1. The Morgan fingerprint density at radius 1 is 1.55 bits per heavy atom. The van der Waals surface area contributed by atoms with Crippen LogP contribution in [0.2, 0.25) is 0 Å². The fraction of sp³-hybridized carbons (Fsp3) is 0.250. The summed E-state index contributed by atoms with van der Waals surface area (Å²) in [4.78, 5) is 17.8. The first-order chi connectivity index (χ1) is 9.58. The van der Waals surface area contributed by atoms with Gasteiger partial charge in [0, 0.05) is 12.4 Å². The van der Waals surface area contributed by atoms with Crippen LogP contribution >= 0.6 is 22.7 Å². The van der Waals surface area contributed by atoms with Gasteiger partial charge in [-0.2, -0.15) is 5.10 Å². The molecule has 0 aromatic carbocycles. The Balaban J connectivity index is 1.88. The normalized spacial score (nSPS) is 11.1. The zero-order valence-electron chi connectivity index (χ0n) is 11.0. The van der Waals surface area contributed by atoms with Crippen molar-refractivity contribution < 1.29 is 4.79 Å². The number of fused-ring (bicyclic) bond motifs is 1. The minimum absolute atomic E-state index is 0.170. The number of nitrogens with two attached hydrogens (primary N) is 1. The molecular formula is C12H13N5OS2. The summed E-state index contributed by atoms with van der Waals surface area (Å²) in [6.45, 7) is 2.30. The summed E-state index contributed by atoms with van der Waals surface area (Å²) in [5, 5.41) is 9.92. The van der Waals surface area contributed by atoms with Crippen molar-refractivity contribution in [3.8, 4) is 0 Å². The quantitative estimate of drug-likeness (QED) is 0.774. The van der Waals surface area contributed by atoms with Gasteiger partial charge >= 0.3 is 0 Å². The lowest BCUT2D eigenvalue weighted by molar-refractivity contribution is 0.0955. The molecule has 20 heavy (non-hydrogen) atoms. The molecule has 0 aliphatic rings. The van der Waals surface area contributed by atoms with Crippen LogP contribution in [0.3, 0.4) is 0 Å². The Morgan fingerprint density at radius 3 is 3.00 bits per heavy atom. The van der Waals surface area contributed by atoms with Crippen molar-refractivity contribution in [1.29, 1.82) is 0 Å². The van der Waals surface area contributed by atoms with Crippen LogP contribution in [0, 0.1) is 6.92 Å². The summed E-state index contributed by atoms with van der Waals surface area (Å²) in [5.74, 6) is -0.170. The Morgan fingerprint density at radius 2 is 2.35 bits per heavy atom. The van der Waals surface area contributed by atoms with E-state index >= 15 is 0 Å². The lowest BCUT2D eigenvalue weighted by atomic mass is 10.2. The van der Waals surface area contributed by atoms with E-state index in [0.29, 0.717) is 17.1 Å². The fourth-order valence-corrected chi connectivity index (χ4v) is 3.74. The number of amides is 1. The summed E-state index contributed by atoms with van der Waals surface area (Å²) in [6.07, 6.45) is 0. The van der Waals surface area contributed by atoms with E-state index in [0.717, 1.165) is 21.6 Å². The molecule has 3 heterocycles. The van der Waals surface area contributed by atoms with Crippen molar-refractivity contribution in [2.75, 3.05) is 5.73 Å². The van der Waals surface area contributed by atoms with E-state index in [1.165, 1.54) is 22.7 Å². The molecule has 0 aliphatic carbocycles. The number of nitrogen functional groups attached to an aromatic ring is 1. The molecule has 0 aliphatic heterocycles. The molecule has 0 fully saturated rings. The molecule has 0 spiro atoms. The van der Waals surface area contributed by atoms with Gasteiger partial charge in [-0.05, 0) is 6.92 Å². The molecule has 0 radical (unpaired) electrons. The number of aromatic nitrogens is 3. The van der Waals surface area contributed by atoms with Gasteiger partial charge in [0.05, 0.1) is 34.5 Å². The highest BCUT2D eigenvalue weighted by atomic mass is 32.1. The zero-order valence-corrected chi connectivity index (χ0v) is 12.6. The topological polar surface area (TPSA) is 85.8 Å². The first-order valence-electron chi connectivity index (χ1n) is 5.94. The van der Waals surface area contributed by atoms with Gasteiger partial charge in [-0.3, -0.25) is 9.48 Å². The second-order valence-electron chi connectivity index (χ2n) is 4.40. The maximum Gasteiger partial charge on any atom is 0.263 e. The van der Waals surface area contributed by atoms with E-state index in [2.05, 4.69) is 15.4 Å². The van der Waals surface area contributed by atoms with Crippen LogP contribution in [0.4, 0.5) is 5.69 Å². The van der Waals surface area contributed by atoms with Crippen LogP contribution in [-0.2, 0) is 13.6 Å². The molecule has 8 heteroatoms. The third kappa shape index (κ3) is 2.06. The number of hydrogen-bond acceptors (Lipinski definition) is 6. The number of thiophene rings is 1. The second-order valence-corrected chi connectivity index (χ2v) is 6.11. The molecule has 0 atom stereocenters. The van der Waals surface area contributed by atoms with Gasteiger partial charge in [-0.1, -0.05) is 0 Å². The zero-order chi connectivity index (χ0) is 14.3. The van der Waals surface area contributed by atoms with Gasteiger partial charge < -0.3 is 11.1 Å². The summed E-state index contributed by atoms with van der Waals surface area (Å²) in [5.41, 5.74) is 10.0. The molecule has 3 aromatic heterocycles. The van der Waals surface area contributed by atoms with Crippen molar-refractivity contribution in [3.63, 3.8) is 0 Å². The molecule has 104 valence electrons. The maximum atomic E-state index is 12.2. The summed E-state index contributed by atoms with van der Waals surface area (Å²) in [6, 6.07) is 0. The number of nitrogens with one attached hydrogen (secondary N) is 1. The van der Waals surface area contributed by atoms with Gasteiger partial charge in [0.2, 0.25) is 0 Å². The number of nitrogens with zero attached hydrogens (tertiary/aromatic N) is 3. The number of hydrogen-bond donors (Lipinski definition) is 2. The average Bonchev–Trinajstić information content (AvgIpc) is 3.08. The molecule has 1 amide bonds. The first-order valence-corrected chi connectivity index (χ1v) is 7.70. The van der Waals surface area contributed by atoms with Gasteiger partial charge in [0.15, 0.2) is 0 Å². The predicted molar refractivity (Wildman–Crippen MR) is 81.0 cm³/mol. The van der Waals surface area contributed by atoms with Crippen molar-refractivity contribution in [3.05, 3.63) is 27.2 Å². The molecule has 0 unspecified atom stereocenters. The number of carbonyl (C=O) groups is 1. The van der Waals surface area contributed by atoms with Gasteiger partial charge in [0.25, 0.3) is 5.91 Å². The Labute approximate surface area is 123 Å². The Kier molecular flexibility index (Phi) is 3.19. The third-order valence-corrected chi connectivity index (χ3v) is 4.91. The Bertz CT molecular complexity index is 772. The SMILES string of the molecule is Cc1nn(C)c2sc(C(=O)NCc3cscn3)c(N)c12. The average molecular weight is 307 g/mol. The number of carbonyl (C=O) groups excluding carboxylic acids is 1. The highest BCUT2D eigenvalue weighted by Crippen LogP contribution is 2.35. The van der Waals surface area contributed by atoms with E-state index in [9.17, 15) is 4.79 Å². The second kappa shape index (κ2) is 4.88. The minimum atomic E-state index is -0.170. The largest absolute Gasteiger partial charge is 0.397 e. The van der Waals surface area contributed by atoms with E-state index < -0.39 is 0 Å². The van der Waals surface area contributed by atoms with Crippen LogP contribution in [-0.4, -0.2) is 20.7 Å². The van der Waals surface area contributed by atoms with Gasteiger partial charge in [-0.15, -0.1) is 22.7 Å². The van der Waals surface area contributed by atoms with Crippen LogP contribution in [0.5, 0.6) is 0 Å². The molecule has 0 saturated heterocycles. The van der Waals surface area contributed by atoms with Crippen LogP contribution in [0.15, 0.2) is 10.9 Å². The molecule has 3 N–H and O–H groups in total. The van der Waals surface area contributed by atoms with Crippen LogP contribution in [0.25, 0.3) is 10.2 Å². The molecular weight excluding hydrogens is 294 g/mol. The first kappa shape index (κ1) is 13.1. The van der Waals surface area contributed by atoms with Gasteiger partial charge in [-0.25, -0.2) is 4.98 Å². The lowest BCUT2D eigenvalue weighted by Gasteiger charge is -2.02. The summed E-state index contributed by atoms with van der Waals surface area (Å²) >= 11 is 2.87. The molecule has 0 bridgehead atoms. The van der Waals surface area contributed by atoms with E-state index in [1.54, 1.807) is 10.2 Å². The smallest absolute Gasteiger partial charge is 0.263 e. The monoisotopic (exact) mass is 307 g/mol. The van der Waals surface area contributed by atoms with E-state index in [4.69, 9.17) is 5.73 Å². The number of anilines is 1. The maximum absolute atomic E-state index is 12.2. The number of aryl methyl sites for hydroxylation is 2. The van der Waals surface area contributed by atoms with Crippen molar-refractivity contribution in [1.82, 2.24) is 20.1 Å². The Hall–Kier alpha value is -1.93. The highest BCUT2D eigenvalue weighted by Gasteiger charge is 2.20. The van der Waals surface area contributed by atoms with Crippen molar-refractivity contribution >= 4 is 44.5 Å².